The molecule has 0 aliphatic carbocycles. The van der Waals surface area contributed by atoms with Gasteiger partial charge in [0.15, 0.2) is 7.28 Å². The summed E-state index contributed by atoms with van der Waals surface area (Å²) in [6.45, 7) is 5.06. The largest absolute Gasteiger partial charge is 0.260 e. The highest BCUT2D eigenvalue weighted by Gasteiger charge is 2.14. The maximum absolute atomic E-state index is 4.60. The molecule has 0 spiro atoms. The van der Waals surface area contributed by atoms with Gasteiger partial charge in [-0.25, -0.2) is 0 Å². The van der Waals surface area contributed by atoms with Gasteiger partial charge in [0.2, 0.25) is 0 Å². The van der Waals surface area contributed by atoms with Crippen LogP contribution in [0.2, 0.25) is 6.82 Å². The molecule has 0 saturated carbocycles. The van der Waals surface area contributed by atoms with Crippen molar-refractivity contribution in [2.45, 2.75) is 26.6 Å². The molecule has 2 aromatic heterocycles. The Balaban J connectivity index is 1.84. The smallest absolute Gasteiger partial charge is 0.153 e. The molecule has 2 aromatic rings. The molecule has 113 valence electrons. The third-order valence-corrected chi connectivity index (χ3v) is 4.23. The van der Waals surface area contributed by atoms with Crippen molar-refractivity contribution in [2.75, 3.05) is 13.3 Å². The number of nitrogens with zero attached hydrogens (tertiary/aromatic N) is 6. The molecular weight excluding hydrogens is 287 g/mol. The molecule has 4 heterocycles. The highest BCUT2D eigenvalue weighted by atomic mass is 15.0. The molecule has 2 aliphatic heterocycles. The van der Waals surface area contributed by atoms with Crippen LogP contribution < -0.4 is 26.9 Å². The lowest BCUT2D eigenvalue weighted by molar-refractivity contribution is 0.940. The van der Waals surface area contributed by atoms with Crippen LogP contribution in [0, 0.1) is 0 Å². The Hall–Kier alpha value is -2.44. The number of rotatable bonds is 4. The summed E-state index contributed by atoms with van der Waals surface area (Å²) >= 11 is 0. The Morgan fingerprint density at radius 3 is 2.26 bits per heavy atom. The Morgan fingerprint density at radius 2 is 1.52 bits per heavy atom. The van der Waals surface area contributed by atoms with E-state index in [1.165, 1.54) is 0 Å². The van der Waals surface area contributed by atoms with Crippen LogP contribution in [0.4, 0.5) is 0 Å². The van der Waals surface area contributed by atoms with Crippen LogP contribution in [0.25, 0.3) is 0 Å². The van der Waals surface area contributed by atoms with Crippen molar-refractivity contribution in [3.63, 3.8) is 0 Å². The molecule has 0 amide bonds. The molecule has 0 saturated heterocycles. The van der Waals surface area contributed by atoms with E-state index in [2.05, 4.69) is 36.9 Å². The molecule has 0 N–H and O–H groups in total. The first kappa shape index (κ1) is 14.2. The zero-order valence-electron chi connectivity index (χ0n) is 13.2. The molecule has 1 radical (unpaired) electrons. The average Bonchev–Trinajstić information content (AvgIpc) is 3.25. The lowest BCUT2D eigenvalue weighted by Gasteiger charge is -2.04. The number of hydrogen-bond acceptors (Lipinski definition) is 6. The van der Waals surface area contributed by atoms with Crippen LogP contribution in [0.1, 0.15) is 23.9 Å². The molecule has 0 unspecified atom stereocenters. The second kappa shape index (κ2) is 5.64. The van der Waals surface area contributed by atoms with E-state index in [1.54, 1.807) is 0 Å². The van der Waals surface area contributed by atoms with Gasteiger partial charge in [-0.1, -0.05) is 13.7 Å². The standard InChI is InChI=1S/C16H16BN6/c1-3-11-15-13(20-7-22-15)9(5-18-11)4-12-16-14(21-8-23-16)10(17-2)6-19-12/h5-6H,3-4,7-8H2,1-2H3. The van der Waals surface area contributed by atoms with Crippen LogP contribution in [-0.2, 0) is 12.8 Å². The van der Waals surface area contributed by atoms with Crippen LogP contribution in [0.15, 0.2) is 32.4 Å². The fraction of sp³-hybridized carbons (Fsp3) is 0.375. The summed E-state index contributed by atoms with van der Waals surface area (Å²) in [5, 5.41) is 3.77. The summed E-state index contributed by atoms with van der Waals surface area (Å²) in [6.07, 6.45) is 5.30. The van der Waals surface area contributed by atoms with Gasteiger partial charge in [0.05, 0.1) is 22.1 Å². The van der Waals surface area contributed by atoms with Gasteiger partial charge in [-0.2, -0.15) is 0 Å². The first-order chi connectivity index (χ1) is 11.3. The van der Waals surface area contributed by atoms with Gasteiger partial charge in [0, 0.05) is 24.4 Å². The van der Waals surface area contributed by atoms with E-state index < -0.39 is 0 Å². The van der Waals surface area contributed by atoms with Crippen LogP contribution in [0.5, 0.6) is 0 Å². The summed E-state index contributed by atoms with van der Waals surface area (Å²) in [5.41, 5.74) is 4.04. The monoisotopic (exact) mass is 303 g/mol. The quantitative estimate of drug-likeness (QED) is 0.640. The van der Waals surface area contributed by atoms with Gasteiger partial charge in [0.1, 0.15) is 24.1 Å². The van der Waals surface area contributed by atoms with Crippen molar-refractivity contribution >= 4 is 12.7 Å². The van der Waals surface area contributed by atoms with Crippen molar-refractivity contribution in [3.05, 3.63) is 50.8 Å². The topological polar surface area (TPSA) is 75.2 Å². The van der Waals surface area contributed by atoms with E-state index in [4.69, 9.17) is 0 Å². The highest BCUT2D eigenvalue weighted by Crippen LogP contribution is 1.99. The number of aryl methyl sites for hydroxylation is 1. The fourth-order valence-corrected chi connectivity index (χ4v) is 3.05. The predicted octanol–water partition coefficient (Wildman–Crippen LogP) is -1.57. The first-order valence-electron chi connectivity index (χ1n) is 7.83. The Labute approximate surface area is 134 Å². The maximum atomic E-state index is 4.60. The van der Waals surface area contributed by atoms with E-state index in [0.717, 1.165) is 50.3 Å². The van der Waals surface area contributed by atoms with Crippen LogP contribution in [-0.4, -0.2) is 30.6 Å². The van der Waals surface area contributed by atoms with Crippen LogP contribution in [0.3, 0.4) is 0 Å². The number of hydrogen-bond donors (Lipinski definition) is 0. The molecular formula is C16H16BN6. The summed E-state index contributed by atoms with van der Waals surface area (Å²) < 4.78 is 0. The summed E-state index contributed by atoms with van der Waals surface area (Å²) in [5.74, 6) is 0. The molecule has 4 rings (SSSR count). The lowest BCUT2D eigenvalue weighted by Crippen LogP contribution is -2.43. The van der Waals surface area contributed by atoms with Gasteiger partial charge in [0.25, 0.3) is 0 Å². The zero-order valence-corrected chi connectivity index (χ0v) is 13.2. The minimum absolute atomic E-state index is 0.486. The van der Waals surface area contributed by atoms with Gasteiger partial charge in [-0.3, -0.25) is 29.9 Å². The minimum Gasteiger partial charge on any atom is -0.260 e. The van der Waals surface area contributed by atoms with Gasteiger partial charge in [-0.05, 0) is 11.9 Å². The van der Waals surface area contributed by atoms with Crippen molar-refractivity contribution in [1.29, 1.82) is 0 Å². The molecule has 6 nitrogen and oxygen atoms in total. The predicted molar refractivity (Wildman–Crippen MR) is 86.3 cm³/mol. The minimum atomic E-state index is 0.486. The van der Waals surface area contributed by atoms with E-state index in [-0.39, 0.29) is 0 Å². The number of aromatic nitrogens is 2. The molecule has 2 aliphatic rings. The van der Waals surface area contributed by atoms with Gasteiger partial charge >= 0.3 is 0 Å². The molecule has 0 aromatic carbocycles. The molecule has 0 fully saturated rings. The van der Waals surface area contributed by atoms with E-state index >= 15 is 0 Å². The maximum Gasteiger partial charge on any atom is 0.153 e. The van der Waals surface area contributed by atoms with Crippen molar-refractivity contribution in [2.24, 2.45) is 20.0 Å². The Bertz CT molecular complexity index is 945. The fourth-order valence-electron chi connectivity index (χ4n) is 3.05. The number of fused-ring (bicyclic) bond motifs is 2. The first-order valence-corrected chi connectivity index (χ1v) is 7.83. The third kappa shape index (κ3) is 2.27. The Morgan fingerprint density at radius 1 is 0.870 bits per heavy atom. The van der Waals surface area contributed by atoms with Gasteiger partial charge < -0.3 is 0 Å². The van der Waals surface area contributed by atoms with Crippen molar-refractivity contribution in [3.8, 4) is 0 Å². The van der Waals surface area contributed by atoms with Crippen molar-refractivity contribution < 1.29 is 0 Å². The summed E-state index contributed by atoms with van der Waals surface area (Å²) in [6, 6.07) is 0. The zero-order chi connectivity index (χ0) is 15.8. The molecule has 23 heavy (non-hydrogen) atoms. The van der Waals surface area contributed by atoms with Gasteiger partial charge in [-0.15, -0.1) is 0 Å². The Kier molecular flexibility index (Phi) is 3.48. The molecule has 0 atom stereocenters. The second-order valence-corrected chi connectivity index (χ2v) is 5.52. The summed E-state index contributed by atoms with van der Waals surface area (Å²) in [4.78, 5) is 27.1. The second-order valence-electron chi connectivity index (χ2n) is 5.52. The normalized spacial score (nSPS) is 14.2. The van der Waals surface area contributed by atoms with E-state index in [0.29, 0.717) is 19.8 Å². The third-order valence-electron chi connectivity index (χ3n) is 4.23. The van der Waals surface area contributed by atoms with Crippen LogP contribution >= 0.6 is 0 Å². The van der Waals surface area contributed by atoms with E-state index in [9.17, 15) is 0 Å². The highest BCUT2D eigenvalue weighted by molar-refractivity contribution is 6.51. The lowest BCUT2D eigenvalue weighted by atomic mass is 9.74. The number of pyridine rings is 2. The SMILES string of the molecule is C[B]c1cnc(Cc2cnc(CC)c3c2=NCN=3)c2c1=NCN=2. The molecule has 7 heteroatoms. The summed E-state index contributed by atoms with van der Waals surface area (Å²) in [7, 11) is 2.02. The molecule has 0 bridgehead atoms. The van der Waals surface area contributed by atoms with E-state index in [1.807, 2.05) is 26.5 Å². The van der Waals surface area contributed by atoms with Crippen molar-refractivity contribution in [1.82, 2.24) is 9.97 Å². The average molecular weight is 303 g/mol.